The Kier molecular flexibility index (Phi) is 8.36. The van der Waals surface area contributed by atoms with Gasteiger partial charge < -0.3 is 15.3 Å². The minimum atomic E-state index is -0.330. The predicted molar refractivity (Wildman–Crippen MR) is 90.0 cm³/mol. The van der Waals surface area contributed by atoms with E-state index in [-0.39, 0.29) is 50.5 Å². The van der Waals surface area contributed by atoms with Crippen LogP contribution in [-0.4, -0.2) is 37.4 Å². The Bertz CT molecular complexity index is 693. The number of aromatic nitrogens is 1. The standard InChI is InChI=1S/C14H13ClN2O3.2CH3.Sn/c1-8-14(20)11(9(7-18)5-16-8)6-17-12-4-10(15)2-3-13(12)19;;;/h2-6,18-20H,7H2,1H3;2*1H3;/q;;;+2/p-2. The van der Waals surface area contributed by atoms with Crippen LogP contribution in [0.1, 0.15) is 16.8 Å². The summed E-state index contributed by atoms with van der Waals surface area (Å²) in [7, 11) is 0. The molecule has 0 fully saturated rings. The Morgan fingerprint density at radius 2 is 2.00 bits per heavy atom. The van der Waals surface area contributed by atoms with Crippen molar-refractivity contribution in [3.05, 3.63) is 46.2 Å². The van der Waals surface area contributed by atoms with Gasteiger partial charge in [-0.05, 0) is 24.6 Å². The molecule has 2 aromatic rings. The van der Waals surface area contributed by atoms with Crippen LogP contribution < -0.4 is 10.2 Å². The number of aliphatic hydroxyl groups excluding tert-OH is 1. The second kappa shape index (κ2) is 9.74. The van der Waals surface area contributed by atoms with Crippen molar-refractivity contribution in [1.82, 2.24) is 4.98 Å². The predicted octanol–water partition coefficient (Wildman–Crippen LogP) is 2.22. The average molecular weight is 439 g/mol. The topological polar surface area (TPSA) is 91.6 Å². The number of nitrogens with zero attached hydrogens (tertiary/aromatic N) is 2. The van der Waals surface area contributed by atoms with Gasteiger partial charge in [0.05, 0.1) is 12.3 Å². The number of benzene rings is 1. The number of hydrogen-bond donors (Lipinski definition) is 1. The van der Waals surface area contributed by atoms with Crippen LogP contribution in [0.2, 0.25) is 14.9 Å². The molecule has 1 heterocycles. The van der Waals surface area contributed by atoms with Gasteiger partial charge in [0, 0.05) is 28.7 Å². The summed E-state index contributed by atoms with van der Waals surface area (Å²) in [5.41, 5.74) is 1.02. The maximum absolute atomic E-state index is 12.0. The van der Waals surface area contributed by atoms with Crippen LogP contribution in [-0.2, 0) is 6.61 Å². The quantitative estimate of drug-likeness (QED) is 0.586. The third-order valence-corrected chi connectivity index (χ3v) is 2.99. The van der Waals surface area contributed by atoms with E-state index in [0.29, 0.717) is 16.3 Å². The second-order valence-corrected chi connectivity index (χ2v) is 7.93. The van der Waals surface area contributed by atoms with Gasteiger partial charge in [-0.3, -0.25) is 9.98 Å². The summed E-state index contributed by atoms with van der Waals surface area (Å²) in [5, 5.41) is 33.1. The van der Waals surface area contributed by atoms with Crippen molar-refractivity contribution >= 4 is 44.6 Å². The molecule has 0 aliphatic rings. The maximum atomic E-state index is 12.0. The molecule has 0 atom stereocenters. The molecule has 0 aliphatic heterocycles. The molecule has 0 amide bonds. The summed E-state index contributed by atoms with van der Waals surface area (Å²) in [6.45, 7) is 1.24. The summed E-state index contributed by atoms with van der Waals surface area (Å²) < 4.78 is 0. The molecular weight excluding hydrogens is 422 g/mol. The van der Waals surface area contributed by atoms with Crippen molar-refractivity contribution in [2.75, 3.05) is 0 Å². The Hall–Kier alpha value is -1.31. The van der Waals surface area contributed by atoms with Gasteiger partial charge in [-0.15, -0.1) is 0 Å². The van der Waals surface area contributed by atoms with E-state index in [1.807, 2.05) is 0 Å². The van der Waals surface area contributed by atoms with Crippen molar-refractivity contribution in [1.29, 1.82) is 0 Å². The number of rotatable bonds is 3. The van der Waals surface area contributed by atoms with E-state index in [2.05, 4.69) is 19.9 Å². The summed E-state index contributed by atoms with van der Waals surface area (Å²) in [5.74, 6) is -0.621. The van der Waals surface area contributed by atoms with Crippen LogP contribution in [0.3, 0.4) is 0 Å². The third-order valence-electron chi connectivity index (χ3n) is 2.76. The molecule has 120 valence electrons. The van der Waals surface area contributed by atoms with Gasteiger partial charge in [0.25, 0.3) is 0 Å². The summed E-state index contributed by atoms with van der Waals surface area (Å²) in [6, 6.07) is 4.19. The SMILES string of the molecule is Cc1ncc(CO)c(C=Nc2cc(Cl)ccc2[O-])c1[O-].[CH3][Sn+2][CH3]. The van der Waals surface area contributed by atoms with E-state index >= 15 is 0 Å². The summed E-state index contributed by atoms with van der Waals surface area (Å²) in [6.07, 6.45) is 2.67. The van der Waals surface area contributed by atoms with Gasteiger partial charge in [0.2, 0.25) is 0 Å². The number of aliphatic imine (C=N–C) groups is 1. The molecule has 5 nitrogen and oxygen atoms in total. The molecular formula is C16H17ClN2O3Sn. The van der Waals surface area contributed by atoms with E-state index in [9.17, 15) is 15.3 Å². The van der Waals surface area contributed by atoms with Gasteiger partial charge in [-0.25, -0.2) is 0 Å². The number of aliphatic hydroxyl groups is 1. The van der Waals surface area contributed by atoms with Gasteiger partial charge >= 0.3 is 31.0 Å². The summed E-state index contributed by atoms with van der Waals surface area (Å²) in [4.78, 5) is 12.5. The zero-order valence-electron chi connectivity index (χ0n) is 13.1. The minimum absolute atomic E-state index is 0.134. The molecule has 1 aromatic heterocycles. The molecule has 0 radical (unpaired) electrons. The van der Waals surface area contributed by atoms with Crippen molar-refractivity contribution in [2.24, 2.45) is 4.99 Å². The average Bonchev–Trinajstić information content (AvgIpc) is 2.52. The molecule has 1 aromatic carbocycles. The van der Waals surface area contributed by atoms with Crippen molar-refractivity contribution < 1.29 is 15.3 Å². The van der Waals surface area contributed by atoms with Crippen molar-refractivity contribution in [3.63, 3.8) is 0 Å². The molecule has 0 saturated carbocycles. The summed E-state index contributed by atoms with van der Waals surface area (Å²) >= 11 is 6.02. The Morgan fingerprint density at radius 1 is 1.35 bits per heavy atom. The molecule has 0 aliphatic carbocycles. The van der Waals surface area contributed by atoms with Crippen LogP contribution in [0, 0.1) is 6.92 Å². The van der Waals surface area contributed by atoms with Crippen LogP contribution in [0.15, 0.2) is 29.4 Å². The zero-order chi connectivity index (χ0) is 17.4. The number of pyridine rings is 1. The number of halogens is 1. The van der Waals surface area contributed by atoms with E-state index in [1.54, 1.807) is 6.92 Å². The molecule has 7 heteroatoms. The van der Waals surface area contributed by atoms with Crippen LogP contribution in [0.4, 0.5) is 5.69 Å². The first-order valence-electron chi connectivity index (χ1n) is 6.80. The first-order chi connectivity index (χ1) is 10.9. The van der Waals surface area contributed by atoms with Crippen molar-refractivity contribution in [3.8, 4) is 11.5 Å². The third kappa shape index (κ3) is 5.67. The van der Waals surface area contributed by atoms with E-state index in [4.69, 9.17) is 11.6 Å². The van der Waals surface area contributed by atoms with Gasteiger partial charge in [-0.1, -0.05) is 29.2 Å². The molecule has 0 bridgehead atoms. The monoisotopic (exact) mass is 440 g/mol. The Balaban J connectivity index is 0.000000816. The fourth-order valence-electron chi connectivity index (χ4n) is 1.64. The van der Waals surface area contributed by atoms with Crippen LogP contribution in [0.25, 0.3) is 0 Å². The van der Waals surface area contributed by atoms with Crippen LogP contribution in [0.5, 0.6) is 11.5 Å². The normalized spacial score (nSPS) is 10.1. The number of aryl methyl sites for hydroxylation is 1. The molecule has 1 N–H and O–H groups in total. The molecule has 0 spiro atoms. The van der Waals surface area contributed by atoms with Crippen LogP contribution >= 0.6 is 11.6 Å². The molecule has 23 heavy (non-hydrogen) atoms. The Morgan fingerprint density at radius 3 is 2.61 bits per heavy atom. The molecule has 2 rings (SSSR count). The van der Waals surface area contributed by atoms with Crippen molar-refractivity contribution in [2.45, 2.75) is 23.4 Å². The van der Waals surface area contributed by atoms with Gasteiger partial charge in [0.15, 0.2) is 0 Å². The number of hydrogen-bond acceptors (Lipinski definition) is 5. The molecule has 0 saturated heterocycles. The van der Waals surface area contributed by atoms with E-state index in [1.165, 1.54) is 30.6 Å². The first kappa shape index (κ1) is 19.7. The second-order valence-electron chi connectivity index (χ2n) is 4.64. The first-order valence-corrected chi connectivity index (χ1v) is 12.9. The van der Waals surface area contributed by atoms with E-state index < -0.39 is 0 Å². The van der Waals surface area contributed by atoms with Gasteiger partial charge in [0.1, 0.15) is 0 Å². The van der Waals surface area contributed by atoms with Gasteiger partial charge in [-0.2, -0.15) is 0 Å². The fraction of sp³-hybridized carbons (Fsp3) is 0.250. The zero-order valence-corrected chi connectivity index (χ0v) is 16.7. The Labute approximate surface area is 150 Å². The fourth-order valence-corrected chi connectivity index (χ4v) is 1.80. The van der Waals surface area contributed by atoms with E-state index in [0.717, 1.165) is 0 Å². The molecule has 0 unspecified atom stereocenters.